The summed E-state index contributed by atoms with van der Waals surface area (Å²) < 4.78 is 0. The minimum atomic E-state index is -0.819. The summed E-state index contributed by atoms with van der Waals surface area (Å²) in [5, 5.41) is 11.9. The van der Waals surface area contributed by atoms with Gasteiger partial charge in [0.25, 0.3) is 5.91 Å². The molecule has 0 unspecified atom stereocenters. The van der Waals surface area contributed by atoms with E-state index < -0.39 is 11.9 Å². The van der Waals surface area contributed by atoms with Crippen LogP contribution in [0.25, 0.3) is 0 Å². The molecular formula is C14H17NO3S. The van der Waals surface area contributed by atoms with E-state index in [0.717, 1.165) is 17.7 Å². The highest BCUT2D eigenvalue weighted by Crippen LogP contribution is 2.26. The van der Waals surface area contributed by atoms with Crippen LogP contribution in [0, 0.1) is 5.92 Å². The molecule has 0 bridgehead atoms. The second kappa shape index (κ2) is 6.10. The molecule has 0 aliphatic heterocycles. The van der Waals surface area contributed by atoms with E-state index in [4.69, 9.17) is 5.11 Å². The van der Waals surface area contributed by atoms with Gasteiger partial charge in [-0.15, -0.1) is 11.8 Å². The van der Waals surface area contributed by atoms with Crippen LogP contribution < -0.4 is 5.32 Å². The first-order valence-electron chi connectivity index (χ1n) is 6.29. The third-order valence-electron chi connectivity index (χ3n) is 3.50. The molecule has 0 spiro atoms. The predicted octanol–water partition coefficient (Wildman–Crippen LogP) is 2.39. The molecule has 102 valence electrons. The Hall–Kier alpha value is -1.49. The average molecular weight is 279 g/mol. The molecule has 1 saturated carbocycles. The van der Waals surface area contributed by atoms with Gasteiger partial charge in [0.15, 0.2) is 0 Å². The van der Waals surface area contributed by atoms with Gasteiger partial charge in [-0.3, -0.25) is 9.59 Å². The molecule has 1 amide bonds. The summed E-state index contributed by atoms with van der Waals surface area (Å²) in [6.07, 6.45) is 4.22. The van der Waals surface area contributed by atoms with Crippen LogP contribution in [0.2, 0.25) is 0 Å². The van der Waals surface area contributed by atoms with Crippen molar-refractivity contribution in [2.45, 2.75) is 30.2 Å². The fraction of sp³-hybridized carbons (Fsp3) is 0.429. The van der Waals surface area contributed by atoms with Crippen LogP contribution in [-0.4, -0.2) is 29.3 Å². The number of nitrogens with one attached hydrogen (secondary N) is 1. The number of carbonyl (C=O) groups is 2. The molecule has 0 heterocycles. The van der Waals surface area contributed by atoms with Crippen LogP contribution in [0.4, 0.5) is 0 Å². The quantitative estimate of drug-likeness (QED) is 0.831. The molecule has 1 aromatic carbocycles. The fourth-order valence-corrected chi connectivity index (χ4v) is 2.83. The highest BCUT2D eigenvalue weighted by atomic mass is 32.2. The SMILES string of the molecule is CSc1ccc(C(=O)N[C@@H]2CCC[C@@H]2C(=O)O)cc1. The van der Waals surface area contributed by atoms with Crippen molar-refractivity contribution >= 4 is 23.6 Å². The maximum atomic E-state index is 12.1. The Balaban J connectivity index is 2.01. The summed E-state index contributed by atoms with van der Waals surface area (Å²) in [5.41, 5.74) is 0.578. The number of thioether (sulfide) groups is 1. The molecule has 2 N–H and O–H groups in total. The maximum Gasteiger partial charge on any atom is 0.308 e. The van der Waals surface area contributed by atoms with Crippen molar-refractivity contribution in [3.05, 3.63) is 29.8 Å². The first kappa shape index (κ1) is 13.9. The van der Waals surface area contributed by atoms with Gasteiger partial charge in [0.2, 0.25) is 0 Å². The Labute approximate surface area is 116 Å². The van der Waals surface area contributed by atoms with Gasteiger partial charge < -0.3 is 10.4 Å². The highest BCUT2D eigenvalue weighted by molar-refractivity contribution is 7.98. The summed E-state index contributed by atoms with van der Waals surface area (Å²) in [4.78, 5) is 24.2. The zero-order valence-electron chi connectivity index (χ0n) is 10.8. The van der Waals surface area contributed by atoms with E-state index in [2.05, 4.69) is 5.32 Å². The van der Waals surface area contributed by atoms with Crippen molar-refractivity contribution in [1.29, 1.82) is 0 Å². The normalized spacial score (nSPS) is 22.2. The third-order valence-corrected chi connectivity index (χ3v) is 4.25. The summed E-state index contributed by atoms with van der Waals surface area (Å²) >= 11 is 1.62. The monoisotopic (exact) mass is 279 g/mol. The van der Waals surface area contributed by atoms with Gasteiger partial charge in [-0.1, -0.05) is 6.42 Å². The number of carbonyl (C=O) groups excluding carboxylic acids is 1. The van der Waals surface area contributed by atoms with Crippen LogP contribution in [0.15, 0.2) is 29.2 Å². The topological polar surface area (TPSA) is 66.4 Å². The van der Waals surface area contributed by atoms with Crippen molar-refractivity contribution in [3.8, 4) is 0 Å². The van der Waals surface area contributed by atoms with Crippen molar-refractivity contribution < 1.29 is 14.7 Å². The number of hydrogen-bond acceptors (Lipinski definition) is 3. The van der Waals surface area contributed by atoms with Gasteiger partial charge >= 0.3 is 5.97 Å². The van der Waals surface area contributed by atoms with E-state index in [1.165, 1.54) is 0 Å². The van der Waals surface area contributed by atoms with Gasteiger partial charge in [-0.05, 0) is 43.4 Å². The number of aliphatic carboxylic acids is 1. The van der Waals surface area contributed by atoms with E-state index in [1.54, 1.807) is 23.9 Å². The molecule has 19 heavy (non-hydrogen) atoms. The standard InChI is InChI=1S/C14H17NO3S/c1-19-10-7-5-9(6-8-10)13(16)15-12-4-2-3-11(12)14(17)18/h5-8,11-12H,2-4H2,1H3,(H,15,16)(H,17,18)/t11-,12+/m0/s1. The van der Waals surface area contributed by atoms with Gasteiger partial charge in [0.1, 0.15) is 0 Å². The number of rotatable bonds is 4. The number of carboxylic acid groups (broad SMARTS) is 1. The largest absolute Gasteiger partial charge is 0.481 e. The molecule has 1 aromatic rings. The minimum Gasteiger partial charge on any atom is -0.481 e. The lowest BCUT2D eigenvalue weighted by Gasteiger charge is -2.17. The van der Waals surface area contributed by atoms with Crippen LogP contribution >= 0.6 is 11.8 Å². The first-order chi connectivity index (χ1) is 9.11. The molecular weight excluding hydrogens is 262 g/mol. The minimum absolute atomic E-state index is 0.189. The van der Waals surface area contributed by atoms with Crippen molar-refractivity contribution in [2.24, 2.45) is 5.92 Å². The van der Waals surface area contributed by atoms with Crippen molar-refractivity contribution in [1.82, 2.24) is 5.32 Å². The summed E-state index contributed by atoms with van der Waals surface area (Å²) in [7, 11) is 0. The smallest absolute Gasteiger partial charge is 0.308 e. The Morgan fingerprint density at radius 3 is 2.53 bits per heavy atom. The molecule has 0 radical (unpaired) electrons. The molecule has 1 aliphatic carbocycles. The number of carboxylic acids is 1. The predicted molar refractivity (Wildman–Crippen MR) is 74.5 cm³/mol. The van der Waals surface area contributed by atoms with Gasteiger partial charge in [-0.2, -0.15) is 0 Å². The van der Waals surface area contributed by atoms with Gasteiger partial charge in [-0.25, -0.2) is 0 Å². The van der Waals surface area contributed by atoms with Gasteiger partial charge in [0, 0.05) is 16.5 Å². The van der Waals surface area contributed by atoms with E-state index in [1.807, 2.05) is 18.4 Å². The van der Waals surface area contributed by atoms with Crippen molar-refractivity contribution in [3.63, 3.8) is 0 Å². The first-order valence-corrected chi connectivity index (χ1v) is 7.52. The van der Waals surface area contributed by atoms with Crippen LogP contribution in [0.1, 0.15) is 29.6 Å². The molecule has 5 heteroatoms. The van der Waals surface area contributed by atoms with E-state index in [9.17, 15) is 9.59 Å². The second-order valence-electron chi connectivity index (χ2n) is 4.68. The number of hydrogen-bond donors (Lipinski definition) is 2. The van der Waals surface area contributed by atoms with Crippen LogP contribution in [-0.2, 0) is 4.79 Å². The molecule has 0 saturated heterocycles. The third kappa shape index (κ3) is 3.29. The molecule has 1 aliphatic rings. The number of amides is 1. The average Bonchev–Trinajstić information content (AvgIpc) is 2.87. The van der Waals surface area contributed by atoms with Gasteiger partial charge in [0.05, 0.1) is 5.92 Å². The summed E-state index contributed by atoms with van der Waals surface area (Å²) in [6.45, 7) is 0. The second-order valence-corrected chi connectivity index (χ2v) is 5.56. The lowest BCUT2D eigenvalue weighted by atomic mass is 10.0. The molecule has 4 nitrogen and oxygen atoms in total. The van der Waals surface area contributed by atoms with E-state index in [0.29, 0.717) is 12.0 Å². The zero-order valence-corrected chi connectivity index (χ0v) is 11.6. The van der Waals surface area contributed by atoms with Crippen LogP contribution in [0.3, 0.4) is 0 Å². The molecule has 2 rings (SSSR count). The zero-order chi connectivity index (χ0) is 13.8. The van der Waals surface area contributed by atoms with Crippen molar-refractivity contribution in [2.75, 3.05) is 6.26 Å². The summed E-state index contributed by atoms with van der Waals surface area (Å²) in [5.74, 6) is -1.46. The molecule has 2 atom stereocenters. The Morgan fingerprint density at radius 2 is 1.95 bits per heavy atom. The van der Waals surface area contributed by atoms with E-state index >= 15 is 0 Å². The molecule has 0 aromatic heterocycles. The Morgan fingerprint density at radius 1 is 1.26 bits per heavy atom. The Kier molecular flexibility index (Phi) is 4.47. The summed E-state index contributed by atoms with van der Waals surface area (Å²) in [6, 6.07) is 7.08. The Bertz CT molecular complexity index is 472. The fourth-order valence-electron chi connectivity index (χ4n) is 2.42. The molecule has 1 fully saturated rings. The van der Waals surface area contributed by atoms with E-state index in [-0.39, 0.29) is 11.9 Å². The number of benzene rings is 1. The highest BCUT2D eigenvalue weighted by Gasteiger charge is 2.33. The lowest BCUT2D eigenvalue weighted by Crippen LogP contribution is -2.40. The lowest BCUT2D eigenvalue weighted by molar-refractivity contribution is -0.142. The maximum absolute atomic E-state index is 12.1. The van der Waals surface area contributed by atoms with Crippen LogP contribution in [0.5, 0.6) is 0 Å².